The summed E-state index contributed by atoms with van der Waals surface area (Å²) in [6, 6.07) is 0. The molecule has 0 radical (unpaired) electrons. The summed E-state index contributed by atoms with van der Waals surface area (Å²) in [6.45, 7) is 8.70. The van der Waals surface area contributed by atoms with E-state index in [9.17, 15) is 0 Å². The van der Waals surface area contributed by atoms with Crippen molar-refractivity contribution < 1.29 is 14.6 Å². The average molecular weight is 244 g/mol. The van der Waals surface area contributed by atoms with Gasteiger partial charge in [-0.3, -0.25) is 0 Å². The number of aliphatic hydroxyl groups excluding tert-OH is 1. The summed E-state index contributed by atoms with van der Waals surface area (Å²) < 4.78 is 11.2. The molecule has 1 aliphatic rings. The van der Waals surface area contributed by atoms with E-state index in [0.717, 1.165) is 5.92 Å². The molecule has 1 fully saturated rings. The fourth-order valence-corrected chi connectivity index (χ4v) is 3.10. The Hall–Kier alpha value is -0.120. The van der Waals surface area contributed by atoms with E-state index in [1.54, 1.807) is 0 Å². The lowest BCUT2D eigenvalue weighted by atomic mass is 9.72. The first kappa shape index (κ1) is 14.9. The van der Waals surface area contributed by atoms with Gasteiger partial charge in [0.05, 0.1) is 32.5 Å². The van der Waals surface area contributed by atoms with Gasteiger partial charge in [0.2, 0.25) is 0 Å². The summed E-state index contributed by atoms with van der Waals surface area (Å²) in [5, 5.41) is 8.60. The molecule has 0 aromatic carbocycles. The van der Waals surface area contributed by atoms with Crippen LogP contribution in [0, 0.1) is 17.8 Å². The van der Waals surface area contributed by atoms with E-state index in [4.69, 9.17) is 14.6 Å². The van der Waals surface area contributed by atoms with Crippen LogP contribution in [0.15, 0.2) is 0 Å². The lowest BCUT2D eigenvalue weighted by molar-refractivity contribution is -0.0662. The minimum atomic E-state index is 0.0923. The van der Waals surface area contributed by atoms with Crippen molar-refractivity contribution in [3.05, 3.63) is 0 Å². The topological polar surface area (TPSA) is 38.7 Å². The molecule has 0 spiro atoms. The summed E-state index contributed by atoms with van der Waals surface area (Å²) in [4.78, 5) is 0. The summed E-state index contributed by atoms with van der Waals surface area (Å²) in [5.41, 5.74) is 0. The Bertz CT molecular complexity index is 194. The second-order valence-corrected chi connectivity index (χ2v) is 5.47. The molecule has 0 saturated heterocycles. The molecule has 3 nitrogen and oxygen atoms in total. The fourth-order valence-electron chi connectivity index (χ4n) is 3.10. The standard InChI is InChI=1S/C14H28O3/c1-11(2)14-12(3)5-4-6-13(14)17-10-9-16-8-7-15/h11-15H,4-10H2,1-3H3. The SMILES string of the molecule is CC(C)C1C(C)CCCC1OCCOCCO. The van der Waals surface area contributed by atoms with Gasteiger partial charge in [-0.05, 0) is 24.2 Å². The Morgan fingerprint density at radius 3 is 2.59 bits per heavy atom. The Morgan fingerprint density at radius 1 is 1.18 bits per heavy atom. The van der Waals surface area contributed by atoms with Gasteiger partial charge < -0.3 is 14.6 Å². The summed E-state index contributed by atoms with van der Waals surface area (Å²) in [6.07, 6.45) is 4.21. The van der Waals surface area contributed by atoms with E-state index in [2.05, 4.69) is 20.8 Å². The predicted molar refractivity (Wildman–Crippen MR) is 69.0 cm³/mol. The Balaban J connectivity index is 2.28. The summed E-state index contributed by atoms with van der Waals surface area (Å²) >= 11 is 0. The van der Waals surface area contributed by atoms with E-state index in [1.165, 1.54) is 19.3 Å². The molecule has 3 heteroatoms. The van der Waals surface area contributed by atoms with Gasteiger partial charge in [0.15, 0.2) is 0 Å². The van der Waals surface area contributed by atoms with Gasteiger partial charge in [0, 0.05) is 0 Å². The molecule has 1 saturated carbocycles. The van der Waals surface area contributed by atoms with Crippen LogP contribution < -0.4 is 0 Å². The highest BCUT2D eigenvalue weighted by Crippen LogP contribution is 2.36. The first-order chi connectivity index (χ1) is 8.16. The van der Waals surface area contributed by atoms with Crippen molar-refractivity contribution in [2.24, 2.45) is 17.8 Å². The maximum atomic E-state index is 8.60. The maximum absolute atomic E-state index is 8.60. The van der Waals surface area contributed by atoms with E-state index in [-0.39, 0.29) is 6.61 Å². The van der Waals surface area contributed by atoms with E-state index in [1.807, 2.05) is 0 Å². The number of hydrogen-bond acceptors (Lipinski definition) is 3. The molecule has 0 aromatic heterocycles. The molecule has 0 amide bonds. The van der Waals surface area contributed by atoms with Crippen molar-refractivity contribution in [1.29, 1.82) is 0 Å². The average Bonchev–Trinajstić information content (AvgIpc) is 2.28. The molecule has 0 aromatic rings. The zero-order valence-corrected chi connectivity index (χ0v) is 11.5. The van der Waals surface area contributed by atoms with Gasteiger partial charge in [-0.15, -0.1) is 0 Å². The molecule has 17 heavy (non-hydrogen) atoms. The molecule has 0 aliphatic heterocycles. The van der Waals surface area contributed by atoms with Crippen LogP contribution in [0.1, 0.15) is 40.0 Å². The van der Waals surface area contributed by atoms with Crippen LogP contribution in [-0.4, -0.2) is 37.6 Å². The van der Waals surface area contributed by atoms with Gasteiger partial charge in [0.25, 0.3) is 0 Å². The highest BCUT2D eigenvalue weighted by atomic mass is 16.5. The van der Waals surface area contributed by atoms with Crippen LogP contribution in [0.5, 0.6) is 0 Å². The number of aliphatic hydroxyl groups is 1. The van der Waals surface area contributed by atoms with Gasteiger partial charge in [0.1, 0.15) is 0 Å². The molecular weight excluding hydrogens is 216 g/mol. The zero-order chi connectivity index (χ0) is 12.7. The monoisotopic (exact) mass is 244 g/mol. The van der Waals surface area contributed by atoms with Gasteiger partial charge in [-0.2, -0.15) is 0 Å². The summed E-state index contributed by atoms with van der Waals surface area (Å²) in [5.74, 6) is 2.14. The number of ether oxygens (including phenoxy) is 2. The van der Waals surface area contributed by atoms with Crippen molar-refractivity contribution in [3.63, 3.8) is 0 Å². The predicted octanol–water partition coefficient (Wildman–Crippen LogP) is 2.47. The van der Waals surface area contributed by atoms with E-state index < -0.39 is 0 Å². The van der Waals surface area contributed by atoms with Crippen LogP contribution in [0.4, 0.5) is 0 Å². The van der Waals surface area contributed by atoms with Crippen LogP contribution in [0.3, 0.4) is 0 Å². The zero-order valence-electron chi connectivity index (χ0n) is 11.5. The fraction of sp³-hybridized carbons (Fsp3) is 1.00. The molecule has 1 aliphatic carbocycles. The largest absolute Gasteiger partial charge is 0.394 e. The second kappa shape index (κ2) is 8.06. The Kier molecular flexibility index (Phi) is 7.09. The Labute approximate surface area is 105 Å². The smallest absolute Gasteiger partial charge is 0.0704 e. The van der Waals surface area contributed by atoms with Crippen molar-refractivity contribution in [1.82, 2.24) is 0 Å². The molecule has 3 atom stereocenters. The van der Waals surface area contributed by atoms with Crippen LogP contribution in [0.2, 0.25) is 0 Å². The Morgan fingerprint density at radius 2 is 1.94 bits per heavy atom. The normalized spacial score (nSPS) is 29.8. The number of hydrogen-bond donors (Lipinski definition) is 1. The van der Waals surface area contributed by atoms with Gasteiger partial charge in [-0.25, -0.2) is 0 Å². The molecule has 1 N–H and O–H groups in total. The first-order valence-corrected chi connectivity index (χ1v) is 6.97. The van der Waals surface area contributed by atoms with E-state index in [0.29, 0.717) is 37.8 Å². The van der Waals surface area contributed by atoms with Crippen LogP contribution >= 0.6 is 0 Å². The second-order valence-electron chi connectivity index (χ2n) is 5.47. The molecule has 0 heterocycles. The summed E-state index contributed by atoms with van der Waals surface area (Å²) in [7, 11) is 0. The third-order valence-electron chi connectivity index (χ3n) is 3.80. The minimum Gasteiger partial charge on any atom is -0.394 e. The molecule has 0 bridgehead atoms. The van der Waals surface area contributed by atoms with Crippen LogP contribution in [-0.2, 0) is 9.47 Å². The van der Waals surface area contributed by atoms with Crippen molar-refractivity contribution in [2.45, 2.75) is 46.1 Å². The van der Waals surface area contributed by atoms with Crippen molar-refractivity contribution in [3.8, 4) is 0 Å². The molecule has 102 valence electrons. The van der Waals surface area contributed by atoms with Gasteiger partial charge >= 0.3 is 0 Å². The van der Waals surface area contributed by atoms with Gasteiger partial charge in [-0.1, -0.05) is 33.6 Å². The quantitative estimate of drug-likeness (QED) is 0.699. The first-order valence-electron chi connectivity index (χ1n) is 6.97. The third-order valence-corrected chi connectivity index (χ3v) is 3.80. The molecule has 1 rings (SSSR count). The van der Waals surface area contributed by atoms with Crippen molar-refractivity contribution in [2.75, 3.05) is 26.4 Å². The highest BCUT2D eigenvalue weighted by Gasteiger charge is 2.33. The maximum Gasteiger partial charge on any atom is 0.0704 e. The molecule has 3 unspecified atom stereocenters. The lowest BCUT2D eigenvalue weighted by Gasteiger charge is -2.39. The highest BCUT2D eigenvalue weighted by molar-refractivity contribution is 4.82. The molecular formula is C14H28O3. The third kappa shape index (κ3) is 4.94. The minimum absolute atomic E-state index is 0.0923. The van der Waals surface area contributed by atoms with E-state index >= 15 is 0 Å². The van der Waals surface area contributed by atoms with Crippen LogP contribution in [0.25, 0.3) is 0 Å². The van der Waals surface area contributed by atoms with Crippen molar-refractivity contribution >= 4 is 0 Å². The number of rotatable bonds is 7. The lowest BCUT2D eigenvalue weighted by Crippen LogP contribution is -2.37.